The molecule has 1 fully saturated rings. The van der Waals surface area contributed by atoms with Crippen LogP contribution >= 0.6 is 0 Å². The Bertz CT molecular complexity index is 574. The molecule has 1 N–H and O–H groups in total. The van der Waals surface area contributed by atoms with Gasteiger partial charge in [-0.05, 0) is 37.8 Å². The van der Waals surface area contributed by atoms with Gasteiger partial charge in [0.25, 0.3) is 15.8 Å². The van der Waals surface area contributed by atoms with Crippen molar-refractivity contribution in [2.45, 2.75) is 42.8 Å². The van der Waals surface area contributed by atoms with Gasteiger partial charge < -0.3 is 5.11 Å². The molecule has 0 bridgehead atoms. The molecule has 1 aromatic carbocycles. The second kappa shape index (κ2) is 5.86. The first-order valence-electron chi connectivity index (χ1n) is 6.24. The average molecular weight is 301 g/mol. The highest BCUT2D eigenvalue weighted by Crippen LogP contribution is 2.25. The van der Waals surface area contributed by atoms with Crippen molar-refractivity contribution >= 4 is 15.8 Å². The van der Waals surface area contributed by atoms with Crippen molar-refractivity contribution in [2.75, 3.05) is 0 Å². The van der Waals surface area contributed by atoms with Gasteiger partial charge in [0.2, 0.25) is 0 Å². The number of rotatable bonds is 4. The lowest BCUT2D eigenvalue weighted by molar-refractivity contribution is -0.384. The second-order valence-electron chi connectivity index (χ2n) is 4.73. The Balaban J connectivity index is 2.08. The zero-order chi connectivity index (χ0) is 14.8. The summed E-state index contributed by atoms with van der Waals surface area (Å²) in [4.78, 5) is 9.81. The summed E-state index contributed by atoms with van der Waals surface area (Å²) in [6.07, 6.45) is 1.15. The molecule has 0 aromatic heterocycles. The van der Waals surface area contributed by atoms with Crippen LogP contribution in [0.4, 0.5) is 5.69 Å². The summed E-state index contributed by atoms with van der Waals surface area (Å²) >= 11 is 0. The monoisotopic (exact) mass is 301 g/mol. The first kappa shape index (κ1) is 14.9. The minimum atomic E-state index is -3.92. The van der Waals surface area contributed by atoms with E-state index in [-0.39, 0.29) is 10.6 Å². The topological polar surface area (TPSA) is 107 Å². The Morgan fingerprint density at radius 3 is 2.20 bits per heavy atom. The van der Waals surface area contributed by atoms with E-state index in [1.165, 1.54) is 0 Å². The number of nitro groups is 1. The highest BCUT2D eigenvalue weighted by molar-refractivity contribution is 7.86. The summed E-state index contributed by atoms with van der Waals surface area (Å²) in [5.74, 6) is 0. The number of non-ortho nitro benzene ring substituents is 1. The zero-order valence-corrected chi connectivity index (χ0v) is 11.5. The third kappa shape index (κ3) is 3.53. The minimum absolute atomic E-state index is 0.103. The zero-order valence-electron chi connectivity index (χ0n) is 10.6. The smallest absolute Gasteiger partial charge is 0.297 e. The van der Waals surface area contributed by atoms with Crippen LogP contribution in [0.1, 0.15) is 25.7 Å². The third-order valence-corrected chi connectivity index (χ3v) is 4.62. The van der Waals surface area contributed by atoms with E-state index < -0.39 is 27.2 Å². The van der Waals surface area contributed by atoms with Crippen LogP contribution in [0.5, 0.6) is 0 Å². The molecule has 20 heavy (non-hydrogen) atoms. The Labute approximate surface area is 116 Å². The van der Waals surface area contributed by atoms with E-state index in [4.69, 9.17) is 4.18 Å². The first-order valence-corrected chi connectivity index (χ1v) is 7.65. The van der Waals surface area contributed by atoms with Gasteiger partial charge in [0.05, 0.1) is 22.0 Å². The minimum Gasteiger partial charge on any atom is -0.393 e. The molecule has 0 spiro atoms. The molecule has 1 saturated carbocycles. The second-order valence-corrected chi connectivity index (χ2v) is 6.30. The van der Waals surface area contributed by atoms with E-state index in [1.807, 2.05) is 0 Å². The van der Waals surface area contributed by atoms with E-state index >= 15 is 0 Å². The Hall–Kier alpha value is -1.51. The van der Waals surface area contributed by atoms with Gasteiger partial charge >= 0.3 is 0 Å². The van der Waals surface area contributed by atoms with Crippen LogP contribution in [0.2, 0.25) is 0 Å². The predicted molar refractivity (Wildman–Crippen MR) is 69.6 cm³/mol. The van der Waals surface area contributed by atoms with Crippen LogP contribution in [0, 0.1) is 10.1 Å². The molecule has 0 unspecified atom stereocenters. The molecule has 2 rings (SSSR count). The lowest BCUT2D eigenvalue weighted by Crippen LogP contribution is -2.26. The van der Waals surface area contributed by atoms with E-state index in [0.29, 0.717) is 25.7 Å². The van der Waals surface area contributed by atoms with Crippen molar-refractivity contribution in [3.05, 3.63) is 34.4 Å². The van der Waals surface area contributed by atoms with Crippen molar-refractivity contribution in [3.63, 3.8) is 0 Å². The lowest BCUT2D eigenvalue weighted by atomic mass is 9.95. The number of hydrogen-bond acceptors (Lipinski definition) is 6. The summed E-state index contributed by atoms with van der Waals surface area (Å²) in [5, 5.41) is 19.9. The van der Waals surface area contributed by atoms with Crippen molar-refractivity contribution in [1.82, 2.24) is 0 Å². The fourth-order valence-electron chi connectivity index (χ4n) is 2.11. The van der Waals surface area contributed by atoms with Crippen molar-refractivity contribution in [2.24, 2.45) is 0 Å². The highest BCUT2D eigenvalue weighted by atomic mass is 32.2. The van der Waals surface area contributed by atoms with Gasteiger partial charge in [-0.15, -0.1) is 0 Å². The maximum Gasteiger partial charge on any atom is 0.297 e. The van der Waals surface area contributed by atoms with E-state index in [9.17, 15) is 23.6 Å². The fraction of sp³-hybridized carbons (Fsp3) is 0.500. The van der Waals surface area contributed by atoms with Gasteiger partial charge in [-0.2, -0.15) is 8.42 Å². The van der Waals surface area contributed by atoms with Gasteiger partial charge in [0.15, 0.2) is 0 Å². The molecule has 0 radical (unpaired) electrons. The summed E-state index contributed by atoms with van der Waals surface area (Å²) in [6, 6.07) is 4.57. The van der Waals surface area contributed by atoms with Gasteiger partial charge in [-0.25, -0.2) is 0 Å². The van der Waals surface area contributed by atoms with Crippen molar-refractivity contribution in [1.29, 1.82) is 0 Å². The molecular formula is C12H15NO6S. The molecule has 1 aromatic rings. The summed E-state index contributed by atoms with van der Waals surface area (Å²) in [7, 11) is -3.92. The molecule has 1 aliphatic carbocycles. The van der Waals surface area contributed by atoms with Gasteiger partial charge in [0.1, 0.15) is 0 Å². The predicted octanol–water partition coefficient (Wildman–Crippen LogP) is 1.60. The molecule has 1 aliphatic rings. The molecule has 110 valence electrons. The maximum absolute atomic E-state index is 12.0. The molecule has 0 atom stereocenters. The van der Waals surface area contributed by atoms with Gasteiger partial charge in [-0.1, -0.05) is 0 Å². The van der Waals surface area contributed by atoms with Gasteiger partial charge in [-0.3, -0.25) is 14.3 Å². The average Bonchev–Trinajstić information content (AvgIpc) is 2.41. The summed E-state index contributed by atoms with van der Waals surface area (Å²) in [5.41, 5.74) is -0.176. The molecule has 0 saturated heterocycles. The molecule has 8 heteroatoms. The summed E-state index contributed by atoms with van der Waals surface area (Å²) in [6.45, 7) is 0. The van der Waals surface area contributed by atoms with Crippen molar-refractivity contribution < 1.29 is 22.6 Å². The van der Waals surface area contributed by atoms with Crippen LogP contribution in [0.25, 0.3) is 0 Å². The van der Waals surface area contributed by atoms with E-state index in [0.717, 1.165) is 24.3 Å². The molecular weight excluding hydrogens is 286 g/mol. The molecule has 0 aliphatic heterocycles. The SMILES string of the molecule is O=[N+]([O-])c1ccc(S(=O)(=O)OC2CCC(O)CC2)cc1. The molecule has 7 nitrogen and oxygen atoms in total. The third-order valence-electron chi connectivity index (χ3n) is 3.24. The number of nitrogens with zero attached hydrogens (tertiary/aromatic N) is 1. The number of hydrogen-bond donors (Lipinski definition) is 1. The highest BCUT2D eigenvalue weighted by Gasteiger charge is 2.26. The Kier molecular flexibility index (Phi) is 4.36. The Morgan fingerprint density at radius 2 is 1.70 bits per heavy atom. The van der Waals surface area contributed by atoms with Crippen LogP contribution in [0.15, 0.2) is 29.2 Å². The number of benzene rings is 1. The first-order chi connectivity index (χ1) is 9.38. The van der Waals surface area contributed by atoms with Crippen molar-refractivity contribution in [3.8, 4) is 0 Å². The van der Waals surface area contributed by atoms with Crippen LogP contribution < -0.4 is 0 Å². The number of aliphatic hydroxyl groups excluding tert-OH is 1. The Morgan fingerprint density at radius 1 is 1.15 bits per heavy atom. The van der Waals surface area contributed by atoms with E-state index in [1.54, 1.807) is 0 Å². The van der Waals surface area contributed by atoms with Gasteiger partial charge in [0, 0.05) is 12.1 Å². The molecule has 0 heterocycles. The molecule has 0 amide bonds. The number of nitro benzene ring substituents is 1. The lowest BCUT2D eigenvalue weighted by Gasteiger charge is -2.24. The maximum atomic E-state index is 12.0. The largest absolute Gasteiger partial charge is 0.393 e. The summed E-state index contributed by atoms with van der Waals surface area (Å²) < 4.78 is 29.1. The number of aliphatic hydroxyl groups is 1. The normalized spacial score (nSPS) is 23.4. The van der Waals surface area contributed by atoms with E-state index in [2.05, 4.69) is 0 Å². The standard InChI is InChI=1S/C12H15NO6S/c14-10-3-5-11(6-4-10)19-20(17,18)12-7-1-9(2-8-12)13(15)16/h1-2,7-8,10-11,14H,3-6H2. The quantitative estimate of drug-likeness (QED) is 0.514. The van der Waals surface area contributed by atoms with Crippen LogP contribution in [0.3, 0.4) is 0 Å². The fourth-order valence-corrected chi connectivity index (χ4v) is 3.24. The van der Waals surface area contributed by atoms with Crippen LogP contribution in [-0.4, -0.2) is 30.7 Å². The van der Waals surface area contributed by atoms with Crippen LogP contribution in [-0.2, 0) is 14.3 Å².